The fourth-order valence-electron chi connectivity index (χ4n) is 1.73. The maximum atomic E-state index is 11.4. The molecule has 0 fully saturated rings. The van der Waals surface area contributed by atoms with Crippen molar-refractivity contribution in [3.8, 4) is 5.75 Å². The van der Waals surface area contributed by atoms with E-state index in [9.17, 15) is 4.79 Å². The molecule has 0 bridgehead atoms. The second kappa shape index (κ2) is 7.53. The van der Waals surface area contributed by atoms with Gasteiger partial charge in [0, 0.05) is 25.0 Å². The molecule has 0 aromatic heterocycles. The normalized spacial score (nSPS) is 10.6. The molecular formula is C15H22BrNO2. The van der Waals surface area contributed by atoms with Crippen LogP contribution < -0.4 is 4.74 Å². The fourth-order valence-corrected chi connectivity index (χ4v) is 2.11. The number of ether oxygens (including phenoxy) is 1. The zero-order valence-electron chi connectivity index (χ0n) is 12.1. The maximum absolute atomic E-state index is 11.4. The summed E-state index contributed by atoms with van der Waals surface area (Å²) in [5.41, 5.74) is 1.19. The number of carbonyl (C=O) groups excluding carboxylic acids is 1. The van der Waals surface area contributed by atoms with Crippen LogP contribution in [0.4, 0.5) is 0 Å². The van der Waals surface area contributed by atoms with Crippen molar-refractivity contribution in [3.63, 3.8) is 0 Å². The van der Waals surface area contributed by atoms with Crippen LogP contribution in [0.2, 0.25) is 0 Å². The van der Waals surface area contributed by atoms with Crippen molar-refractivity contribution in [1.82, 2.24) is 4.90 Å². The van der Waals surface area contributed by atoms with Crippen LogP contribution in [0.5, 0.6) is 5.75 Å². The van der Waals surface area contributed by atoms with Crippen LogP contribution in [0, 0.1) is 0 Å². The topological polar surface area (TPSA) is 29.5 Å². The predicted octanol–water partition coefficient (Wildman–Crippen LogP) is 3.82. The lowest BCUT2D eigenvalue weighted by Crippen LogP contribution is -2.21. The third-order valence-electron chi connectivity index (χ3n) is 2.89. The van der Waals surface area contributed by atoms with Gasteiger partial charge in [-0.05, 0) is 36.1 Å². The van der Waals surface area contributed by atoms with Crippen LogP contribution in [-0.2, 0) is 4.79 Å². The summed E-state index contributed by atoms with van der Waals surface area (Å²) >= 11 is 3.48. The monoisotopic (exact) mass is 327 g/mol. The van der Waals surface area contributed by atoms with Gasteiger partial charge >= 0.3 is 0 Å². The molecule has 0 radical (unpaired) electrons. The van der Waals surface area contributed by atoms with E-state index in [0.717, 1.165) is 16.6 Å². The highest BCUT2D eigenvalue weighted by atomic mass is 79.9. The quantitative estimate of drug-likeness (QED) is 0.743. The Bertz CT molecular complexity index is 430. The molecule has 1 amide bonds. The van der Waals surface area contributed by atoms with Crippen molar-refractivity contribution in [2.45, 2.75) is 32.6 Å². The van der Waals surface area contributed by atoms with Crippen LogP contribution in [0.15, 0.2) is 22.7 Å². The molecule has 19 heavy (non-hydrogen) atoms. The summed E-state index contributed by atoms with van der Waals surface area (Å²) in [6, 6.07) is 6.05. The largest absolute Gasteiger partial charge is 0.493 e. The van der Waals surface area contributed by atoms with E-state index in [4.69, 9.17) is 4.74 Å². The van der Waals surface area contributed by atoms with E-state index in [1.807, 2.05) is 12.1 Å². The van der Waals surface area contributed by atoms with Gasteiger partial charge in [-0.15, -0.1) is 0 Å². The second-order valence-electron chi connectivity index (χ2n) is 5.08. The third-order valence-corrected chi connectivity index (χ3v) is 3.38. The van der Waals surface area contributed by atoms with Crippen LogP contribution in [-0.4, -0.2) is 31.5 Å². The lowest BCUT2D eigenvalue weighted by Gasteiger charge is -2.15. The maximum Gasteiger partial charge on any atom is 0.222 e. The standard InChI is InChI=1S/C15H22BrNO2/c1-11(2)13-10-12(16)7-8-14(13)19-9-5-6-15(18)17(3)4/h7-8,10-11H,5-6,9H2,1-4H3. The van der Waals surface area contributed by atoms with Gasteiger partial charge in [-0.25, -0.2) is 0 Å². The van der Waals surface area contributed by atoms with Gasteiger partial charge in [0.05, 0.1) is 6.61 Å². The number of amides is 1. The molecule has 0 aliphatic heterocycles. The molecule has 0 saturated heterocycles. The highest BCUT2D eigenvalue weighted by Gasteiger charge is 2.09. The average molecular weight is 328 g/mol. The number of nitrogens with zero attached hydrogens (tertiary/aromatic N) is 1. The van der Waals surface area contributed by atoms with Crippen molar-refractivity contribution in [1.29, 1.82) is 0 Å². The Morgan fingerprint density at radius 1 is 1.37 bits per heavy atom. The van der Waals surface area contributed by atoms with Gasteiger partial charge in [0.2, 0.25) is 5.91 Å². The lowest BCUT2D eigenvalue weighted by molar-refractivity contribution is -0.128. The van der Waals surface area contributed by atoms with Crippen LogP contribution in [0.1, 0.15) is 38.2 Å². The van der Waals surface area contributed by atoms with Crippen LogP contribution in [0.3, 0.4) is 0 Å². The summed E-state index contributed by atoms with van der Waals surface area (Å²) < 4.78 is 6.85. The molecule has 1 aromatic carbocycles. The van der Waals surface area contributed by atoms with E-state index in [-0.39, 0.29) is 5.91 Å². The Morgan fingerprint density at radius 3 is 2.63 bits per heavy atom. The summed E-state index contributed by atoms with van der Waals surface area (Å²) in [6.45, 7) is 4.86. The summed E-state index contributed by atoms with van der Waals surface area (Å²) in [4.78, 5) is 13.0. The highest BCUT2D eigenvalue weighted by Crippen LogP contribution is 2.29. The molecule has 0 saturated carbocycles. The number of halogens is 1. The molecule has 4 heteroatoms. The number of benzene rings is 1. The van der Waals surface area contributed by atoms with Gasteiger partial charge in [-0.1, -0.05) is 29.8 Å². The second-order valence-corrected chi connectivity index (χ2v) is 5.99. The highest BCUT2D eigenvalue weighted by molar-refractivity contribution is 9.10. The van der Waals surface area contributed by atoms with E-state index in [0.29, 0.717) is 18.9 Å². The molecule has 0 heterocycles. The van der Waals surface area contributed by atoms with E-state index in [1.165, 1.54) is 5.56 Å². The van der Waals surface area contributed by atoms with Crippen molar-refractivity contribution in [2.24, 2.45) is 0 Å². The fraction of sp³-hybridized carbons (Fsp3) is 0.533. The van der Waals surface area contributed by atoms with Gasteiger partial charge in [0.25, 0.3) is 0 Å². The first kappa shape index (κ1) is 16.0. The van der Waals surface area contributed by atoms with Crippen molar-refractivity contribution in [2.75, 3.05) is 20.7 Å². The summed E-state index contributed by atoms with van der Waals surface area (Å²) in [6.07, 6.45) is 1.27. The molecule has 106 valence electrons. The number of hydrogen-bond acceptors (Lipinski definition) is 2. The molecule has 3 nitrogen and oxygen atoms in total. The van der Waals surface area contributed by atoms with Gasteiger partial charge in [0.15, 0.2) is 0 Å². The first-order valence-corrected chi connectivity index (χ1v) is 7.33. The molecule has 0 atom stereocenters. The molecule has 0 unspecified atom stereocenters. The number of rotatable bonds is 6. The zero-order valence-corrected chi connectivity index (χ0v) is 13.7. The van der Waals surface area contributed by atoms with Gasteiger partial charge in [-0.3, -0.25) is 4.79 Å². The minimum atomic E-state index is 0.142. The van der Waals surface area contributed by atoms with E-state index in [2.05, 4.69) is 35.8 Å². The molecule has 0 aliphatic rings. The van der Waals surface area contributed by atoms with Gasteiger partial charge in [-0.2, -0.15) is 0 Å². The summed E-state index contributed by atoms with van der Waals surface area (Å²) in [5, 5.41) is 0. The van der Waals surface area contributed by atoms with E-state index in [1.54, 1.807) is 19.0 Å². The Kier molecular flexibility index (Phi) is 6.35. The molecule has 1 aromatic rings. The first-order chi connectivity index (χ1) is 8.91. The lowest BCUT2D eigenvalue weighted by atomic mass is 10.0. The molecule has 1 rings (SSSR count). The summed E-state index contributed by atoms with van der Waals surface area (Å²) in [5.74, 6) is 1.47. The van der Waals surface area contributed by atoms with Crippen LogP contribution in [0.25, 0.3) is 0 Å². The molecule has 0 spiro atoms. The molecular weight excluding hydrogens is 306 g/mol. The van der Waals surface area contributed by atoms with Crippen molar-refractivity contribution < 1.29 is 9.53 Å². The van der Waals surface area contributed by atoms with Crippen molar-refractivity contribution in [3.05, 3.63) is 28.2 Å². The Labute approximate surface area is 124 Å². The minimum absolute atomic E-state index is 0.142. The molecule has 0 N–H and O–H groups in total. The SMILES string of the molecule is CC(C)c1cc(Br)ccc1OCCCC(=O)N(C)C. The average Bonchev–Trinajstić information content (AvgIpc) is 2.35. The first-order valence-electron chi connectivity index (χ1n) is 6.54. The Morgan fingerprint density at radius 2 is 2.05 bits per heavy atom. The summed E-state index contributed by atoms with van der Waals surface area (Å²) in [7, 11) is 3.55. The Balaban J connectivity index is 2.52. The number of carbonyl (C=O) groups is 1. The minimum Gasteiger partial charge on any atom is -0.493 e. The number of hydrogen-bond donors (Lipinski definition) is 0. The van der Waals surface area contributed by atoms with E-state index >= 15 is 0 Å². The third kappa shape index (κ3) is 5.23. The smallest absolute Gasteiger partial charge is 0.222 e. The van der Waals surface area contributed by atoms with Gasteiger partial charge in [0.1, 0.15) is 5.75 Å². The van der Waals surface area contributed by atoms with Crippen LogP contribution >= 0.6 is 15.9 Å². The zero-order chi connectivity index (χ0) is 14.4. The van der Waals surface area contributed by atoms with Crippen molar-refractivity contribution >= 4 is 21.8 Å². The molecule has 0 aliphatic carbocycles. The van der Waals surface area contributed by atoms with Gasteiger partial charge < -0.3 is 9.64 Å². The Hall–Kier alpha value is -1.03. The predicted molar refractivity (Wildman–Crippen MR) is 81.7 cm³/mol. The van der Waals surface area contributed by atoms with E-state index < -0.39 is 0 Å².